The summed E-state index contributed by atoms with van der Waals surface area (Å²) in [7, 11) is 0. The molecular weight excluding hydrogens is 205 g/mol. The molecule has 1 atom stereocenters. The van der Waals surface area contributed by atoms with Crippen molar-refractivity contribution in [3.8, 4) is 5.75 Å². The highest BCUT2D eigenvalue weighted by Gasteiger charge is 2.22. The molecule has 1 aliphatic rings. The molecule has 0 aromatic heterocycles. The molecule has 2 rings (SSSR count). The number of hydrogen-bond acceptors (Lipinski definition) is 2. The van der Waals surface area contributed by atoms with Crippen molar-refractivity contribution < 1.29 is 9.50 Å². The summed E-state index contributed by atoms with van der Waals surface area (Å²) in [6.07, 6.45) is 0.915. The molecule has 4 heteroatoms. The molecule has 0 saturated carbocycles. The van der Waals surface area contributed by atoms with Crippen LogP contribution in [0.3, 0.4) is 0 Å². The predicted octanol–water partition coefficient (Wildman–Crippen LogP) is 2.26. The molecule has 1 heterocycles. The smallest absolute Gasteiger partial charge is 0.149 e. The molecule has 1 fully saturated rings. The van der Waals surface area contributed by atoms with Crippen LogP contribution in [0.2, 0.25) is 5.02 Å². The van der Waals surface area contributed by atoms with Crippen molar-refractivity contribution in [3.05, 3.63) is 28.5 Å². The van der Waals surface area contributed by atoms with Crippen molar-refractivity contribution in [2.75, 3.05) is 13.1 Å². The number of hydrogen-bond donors (Lipinski definition) is 2. The summed E-state index contributed by atoms with van der Waals surface area (Å²) in [6, 6.07) is 3.05. The molecule has 1 aromatic rings. The maximum absolute atomic E-state index is 13.6. The fourth-order valence-electron chi connectivity index (χ4n) is 1.79. The van der Waals surface area contributed by atoms with Gasteiger partial charge in [0.2, 0.25) is 0 Å². The van der Waals surface area contributed by atoms with Crippen LogP contribution in [0.1, 0.15) is 17.9 Å². The third-order valence-electron chi connectivity index (χ3n) is 2.59. The van der Waals surface area contributed by atoms with E-state index in [1.807, 2.05) is 0 Å². The van der Waals surface area contributed by atoms with E-state index in [1.165, 1.54) is 6.07 Å². The van der Waals surface area contributed by atoms with Gasteiger partial charge in [0.25, 0.3) is 0 Å². The number of phenols is 1. The zero-order chi connectivity index (χ0) is 10.1. The zero-order valence-electron chi connectivity index (χ0n) is 7.56. The highest BCUT2D eigenvalue weighted by molar-refractivity contribution is 6.32. The van der Waals surface area contributed by atoms with Crippen molar-refractivity contribution in [2.45, 2.75) is 12.3 Å². The third-order valence-corrected chi connectivity index (χ3v) is 2.95. The predicted molar refractivity (Wildman–Crippen MR) is 53.3 cm³/mol. The van der Waals surface area contributed by atoms with Gasteiger partial charge in [-0.3, -0.25) is 0 Å². The van der Waals surface area contributed by atoms with Gasteiger partial charge in [0.15, 0.2) is 0 Å². The Kier molecular flexibility index (Phi) is 2.61. The van der Waals surface area contributed by atoms with Gasteiger partial charge in [0, 0.05) is 12.5 Å². The van der Waals surface area contributed by atoms with Crippen LogP contribution in [0.25, 0.3) is 0 Å². The molecular formula is C10H11ClFNO. The summed E-state index contributed by atoms with van der Waals surface area (Å²) >= 11 is 5.62. The van der Waals surface area contributed by atoms with Crippen molar-refractivity contribution in [1.29, 1.82) is 0 Å². The Balaban J connectivity index is 2.38. The number of aromatic hydroxyl groups is 1. The van der Waals surface area contributed by atoms with Crippen molar-refractivity contribution in [2.24, 2.45) is 0 Å². The second-order valence-electron chi connectivity index (χ2n) is 3.49. The first-order valence-corrected chi connectivity index (χ1v) is 4.95. The number of nitrogens with one attached hydrogen (secondary N) is 1. The fraction of sp³-hybridized carbons (Fsp3) is 0.400. The first kappa shape index (κ1) is 9.74. The van der Waals surface area contributed by atoms with Crippen LogP contribution >= 0.6 is 11.6 Å². The lowest BCUT2D eigenvalue weighted by molar-refractivity contribution is 0.467. The summed E-state index contributed by atoms with van der Waals surface area (Å²) in [5.41, 5.74) is 0.595. The van der Waals surface area contributed by atoms with E-state index in [0.29, 0.717) is 5.56 Å². The second kappa shape index (κ2) is 3.75. The molecule has 1 unspecified atom stereocenters. The molecule has 1 aliphatic heterocycles. The third kappa shape index (κ3) is 1.57. The Morgan fingerprint density at radius 3 is 2.93 bits per heavy atom. The fourth-order valence-corrected chi connectivity index (χ4v) is 1.96. The second-order valence-corrected chi connectivity index (χ2v) is 3.87. The summed E-state index contributed by atoms with van der Waals surface area (Å²) in [4.78, 5) is 0. The SMILES string of the molecule is Oc1ccc(C2CCNC2)c(F)c1Cl. The summed E-state index contributed by atoms with van der Waals surface area (Å²) in [5, 5.41) is 12.2. The van der Waals surface area contributed by atoms with Crippen LogP contribution in [0, 0.1) is 5.82 Å². The lowest BCUT2D eigenvalue weighted by atomic mass is 9.98. The standard InChI is InChI=1S/C10H11ClFNO/c11-9-8(14)2-1-7(10(9)12)6-3-4-13-5-6/h1-2,6,13-14H,3-5H2. The van der Waals surface area contributed by atoms with E-state index >= 15 is 0 Å². The molecule has 2 N–H and O–H groups in total. The lowest BCUT2D eigenvalue weighted by Gasteiger charge is -2.11. The van der Waals surface area contributed by atoms with Gasteiger partial charge >= 0.3 is 0 Å². The van der Waals surface area contributed by atoms with Crippen LogP contribution in [-0.4, -0.2) is 18.2 Å². The van der Waals surface area contributed by atoms with Crippen LogP contribution in [0.4, 0.5) is 4.39 Å². The topological polar surface area (TPSA) is 32.3 Å². The van der Waals surface area contributed by atoms with Crippen molar-refractivity contribution in [3.63, 3.8) is 0 Å². The molecule has 14 heavy (non-hydrogen) atoms. The van der Waals surface area contributed by atoms with E-state index < -0.39 is 5.82 Å². The van der Waals surface area contributed by atoms with Crippen LogP contribution in [0.5, 0.6) is 5.75 Å². The first-order valence-electron chi connectivity index (χ1n) is 4.57. The maximum Gasteiger partial charge on any atom is 0.149 e. The van der Waals surface area contributed by atoms with E-state index in [0.717, 1.165) is 19.5 Å². The number of benzene rings is 1. The average Bonchev–Trinajstić information content (AvgIpc) is 2.67. The number of rotatable bonds is 1. The quantitative estimate of drug-likeness (QED) is 0.753. The first-order chi connectivity index (χ1) is 6.70. The van der Waals surface area contributed by atoms with Gasteiger partial charge in [-0.15, -0.1) is 0 Å². The summed E-state index contributed by atoms with van der Waals surface area (Å²) in [5.74, 6) is -0.507. The van der Waals surface area contributed by atoms with Gasteiger partial charge in [-0.1, -0.05) is 17.7 Å². The Morgan fingerprint density at radius 1 is 1.50 bits per heavy atom. The Labute approximate surface area is 86.7 Å². The minimum Gasteiger partial charge on any atom is -0.506 e. The molecule has 0 aliphatic carbocycles. The average molecular weight is 216 g/mol. The maximum atomic E-state index is 13.6. The van der Waals surface area contributed by atoms with Crippen LogP contribution in [0.15, 0.2) is 12.1 Å². The van der Waals surface area contributed by atoms with Crippen LogP contribution in [-0.2, 0) is 0 Å². The van der Waals surface area contributed by atoms with E-state index in [-0.39, 0.29) is 16.7 Å². The minimum absolute atomic E-state index is 0.172. The molecule has 1 saturated heterocycles. The monoisotopic (exact) mass is 215 g/mol. The van der Waals surface area contributed by atoms with E-state index in [1.54, 1.807) is 6.07 Å². The summed E-state index contributed by atoms with van der Waals surface area (Å²) in [6.45, 7) is 1.68. The Morgan fingerprint density at radius 2 is 2.29 bits per heavy atom. The largest absolute Gasteiger partial charge is 0.506 e. The van der Waals surface area contributed by atoms with Gasteiger partial charge in [0.05, 0.1) is 0 Å². The summed E-state index contributed by atoms with van der Waals surface area (Å²) < 4.78 is 13.6. The molecule has 0 amide bonds. The molecule has 0 bridgehead atoms. The highest BCUT2D eigenvalue weighted by Crippen LogP contribution is 2.33. The van der Waals surface area contributed by atoms with Crippen LogP contribution < -0.4 is 5.32 Å². The molecule has 0 radical (unpaired) electrons. The van der Waals surface area contributed by atoms with Gasteiger partial charge < -0.3 is 10.4 Å². The Hall–Kier alpha value is -0.800. The highest BCUT2D eigenvalue weighted by atomic mass is 35.5. The van der Waals surface area contributed by atoms with Gasteiger partial charge in [-0.05, 0) is 24.6 Å². The number of phenolic OH excluding ortho intramolecular Hbond substituents is 1. The molecule has 1 aromatic carbocycles. The van der Waals surface area contributed by atoms with Crippen molar-refractivity contribution in [1.82, 2.24) is 5.32 Å². The van der Waals surface area contributed by atoms with Gasteiger partial charge in [0.1, 0.15) is 16.6 Å². The van der Waals surface area contributed by atoms with E-state index in [2.05, 4.69) is 5.32 Å². The van der Waals surface area contributed by atoms with Gasteiger partial charge in [-0.25, -0.2) is 4.39 Å². The van der Waals surface area contributed by atoms with Crippen molar-refractivity contribution >= 4 is 11.6 Å². The molecule has 76 valence electrons. The minimum atomic E-state index is -0.486. The normalized spacial score (nSPS) is 21.4. The van der Waals surface area contributed by atoms with E-state index in [4.69, 9.17) is 11.6 Å². The van der Waals surface area contributed by atoms with E-state index in [9.17, 15) is 9.50 Å². The molecule has 2 nitrogen and oxygen atoms in total. The zero-order valence-corrected chi connectivity index (χ0v) is 8.31. The Bertz CT molecular complexity index is 350. The molecule has 0 spiro atoms. The lowest BCUT2D eigenvalue weighted by Crippen LogP contribution is -2.09. The van der Waals surface area contributed by atoms with Gasteiger partial charge in [-0.2, -0.15) is 0 Å². The number of halogens is 2.